The molecule has 0 aliphatic heterocycles. The minimum Gasteiger partial charge on any atom is -0.314 e. The van der Waals surface area contributed by atoms with Crippen molar-refractivity contribution in [2.45, 2.75) is 6.54 Å². The molecule has 0 saturated carbocycles. The molecule has 1 heterocycles. The molecule has 0 amide bonds. The summed E-state index contributed by atoms with van der Waals surface area (Å²) in [4.78, 5) is 25.2. The summed E-state index contributed by atoms with van der Waals surface area (Å²) in [7, 11) is 0. The van der Waals surface area contributed by atoms with E-state index in [0.29, 0.717) is 6.54 Å². The molecule has 1 aromatic heterocycles. The van der Waals surface area contributed by atoms with Gasteiger partial charge in [0.1, 0.15) is 0 Å². The molecule has 0 radical (unpaired) electrons. The Labute approximate surface area is 85.8 Å². The average Bonchev–Trinajstić information content (AvgIpc) is 2.25. The van der Waals surface area contributed by atoms with Crippen molar-refractivity contribution in [3.8, 4) is 0 Å². The fourth-order valence-electron chi connectivity index (χ4n) is 1.37. The number of nitrogens with zero attached hydrogens (tertiary/aromatic N) is 1. The van der Waals surface area contributed by atoms with Crippen LogP contribution in [0.5, 0.6) is 0 Å². The first-order valence-electron chi connectivity index (χ1n) is 4.60. The molecule has 0 unspecified atom stereocenters. The summed E-state index contributed by atoms with van der Waals surface area (Å²) in [5.74, 6) is 0. The van der Waals surface area contributed by atoms with Crippen LogP contribution in [0.1, 0.15) is 5.56 Å². The first kappa shape index (κ1) is 9.45. The van der Waals surface area contributed by atoms with Crippen LogP contribution < -0.4 is 11.2 Å². The molecule has 0 saturated heterocycles. The lowest BCUT2D eigenvalue weighted by Gasteiger charge is -2.02. The Morgan fingerprint density at radius 2 is 1.80 bits per heavy atom. The van der Waals surface area contributed by atoms with Crippen LogP contribution in [0, 0.1) is 0 Å². The number of hydrogen-bond donors (Lipinski definition) is 1. The van der Waals surface area contributed by atoms with Crippen molar-refractivity contribution in [1.29, 1.82) is 0 Å². The zero-order chi connectivity index (χ0) is 10.7. The van der Waals surface area contributed by atoms with Gasteiger partial charge in [-0.15, -0.1) is 0 Å². The van der Waals surface area contributed by atoms with Crippen LogP contribution in [0.15, 0.2) is 52.2 Å². The van der Waals surface area contributed by atoms with Crippen LogP contribution in [-0.4, -0.2) is 9.55 Å². The van der Waals surface area contributed by atoms with E-state index in [1.807, 2.05) is 30.3 Å². The van der Waals surface area contributed by atoms with Gasteiger partial charge in [0, 0.05) is 12.3 Å². The Morgan fingerprint density at radius 3 is 2.47 bits per heavy atom. The summed E-state index contributed by atoms with van der Waals surface area (Å²) in [5.41, 5.74) is 0.255. The third-order valence-corrected chi connectivity index (χ3v) is 2.13. The summed E-state index contributed by atoms with van der Waals surface area (Å²) in [5, 5.41) is 0. The second-order valence-electron chi connectivity index (χ2n) is 3.19. The molecule has 0 aliphatic carbocycles. The zero-order valence-corrected chi connectivity index (χ0v) is 8.01. The van der Waals surface area contributed by atoms with Gasteiger partial charge < -0.3 is 4.98 Å². The van der Waals surface area contributed by atoms with E-state index in [4.69, 9.17) is 0 Å². The van der Waals surface area contributed by atoms with Crippen molar-refractivity contribution >= 4 is 0 Å². The number of benzene rings is 1. The molecule has 4 nitrogen and oxygen atoms in total. The second-order valence-corrected chi connectivity index (χ2v) is 3.19. The van der Waals surface area contributed by atoms with Crippen molar-refractivity contribution in [2.75, 3.05) is 0 Å². The van der Waals surface area contributed by atoms with E-state index in [9.17, 15) is 9.59 Å². The fourth-order valence-corrected chi connectivity index (χ4v) is 1.37. The highest BCUT2D eigenvalue weighted by Gasteiger charge is 2.00. The van der Waals surface area contributed by atoms with Crippen molar-refractivity contribution in [3.05, 3.63) is 69.0 Å². The largest absolute Gasteiger partial charge is 0.328 e. The van der Waals surface area contributed by atoms with E-state index in [1.165, 1.54) is 12.3 Å². The topological polar surface area (TPSA) is 54.9 Å². The Bertz CT molecular complexity index is 526. The van der Waals surface area contributed by atoms with Gasteiger partial charge in [-0.3, -0.25) is 9.36 Å². The van der Waals surface area contributed by atoms with Crippen LogP contribution >= 0.6 is 0 Å². The standard InChI is InChI=1S/C11H10N2O2/c14-10-6-7-12-11(15)13(10)8-9-4-2-1-3-5-9/h1-7H,8H2,(H,12,15). The number of rotatable bonds is 2. The Hall–Kier alpha value is -2.10. The monoisotopic (exact) mass is 202 g/mol. The Morgan fingerprint density at radius 1 is 1.07 bits per heavy atom. The molecule has 4 heteroatoms. The van der Waals surface area contributed by atoms with E-state index in [-0.39, 0.29) is 11.2 Å². The van der Waals surface area contributed by atoms with Crippen molar-refractivity contribution in [3.63, 3.8) is 0 Å². The lowest BCUT2D eigenvalue weighted by atomic mass is 10.2. The van der Waals surface area contributed by atoms with Crippen LogP contribution in [-0.2, 0) is 6.54 Å². The third-order valence-electron chi connectivity index (χ3n) is 2.13. The normalized spacial score (nSPS) is 10.1. The molecule has 2 aromatic rings. The summed E-state index contributed by atoms with van der Waals surface area (Å²) >= 11 is 0. The van der Waals surface area contributed by atoms with Gasteiger partial charge in [0.2, 0.25) is 0 Å². The number of aromatic amines is 1. The Kier molecular flexibility index (Phi) is 2.49. The molecule has 1 N–H and O–H groups in total. The van der Waals surface area contributed by atoms with Crippen LogP contribution in [0.4, 0.5) is 0 Å². The van der Waals surface area contributed by atoms with Crippen molar-refractivity contribution in [2.24, 2.45) is 0 Å². The van der Waals surface area contributed by atoms with Gasteiger partial charge in [0.25, 0.3) is 5.56 Å². The van der Waals surface area contributed by atoms with Gasteiger partial charge in [0.15, 0.2) is 0 Å². The molecule has 76 valence electrons. The molecule has 1 aromatic carbocycles. The Balaban J connectivity index is 2.41. The number of hydrogen-bond acceptors (Lipinski definition) is 2. The van der Waals surface area contributed by atoms with Crippen LogP contribution in [0.2, 0.25) is 0 Å². The van der Waals surface area contributed by atoms with Crippen LogP contribution in [0.3, 0.4) is 0 Å². The lowest BCUT2D eigenvalue weighted by Crippen LogP contribution is -2.34. The molecule has 0 aliphatic rings. The third kappa shape index (κ3) is 2.04. The summed E-state index contributed by atoms with van der Waals surface area (Å²) in [6.07, 6.45) is 1.35. The number of aromatic nitrogens is 2. The van der Waals surface area contributed by atoms with E-state index in [2.05, 4.69) is 4.98 Å². The van der Waals surface area contributed by atoms with E-state index < -0.39 is 0 Å². The van der Waals surface area contributed by atoms with Gasteiger partial charge in [-0.2, -0.15) is 0 Å². The van der Waals surface area contributed by atoms with Gasteiger partial charge in [0.05, 0.1) is 6.54 Å². The first-order valence-corrected chi connectivity index (χ1v) is 4.60. The fraction of sp³-hybridized carbons (Fsp3) is 0.0909. The maximum Gasteiger partial charge on any atom is 0.328 e. The first-order chi connectivity index (χ1) is 7.27. The number of nitrogens with one attached hydrogen (secondary N) is 1. The average molecular weight is 202 g/mol. The quantitative estimate of drug-likeness (QED) is 0.774. The van der Waals surface area contributed by atoms with Gasteiger partial charge >= 0.3 is 5.69 Å². The summed E-state index contributed by atoms with van der Waals surface area (Å²) in [6.45, 7) is 0.301. The number of H-pyrrole nitrogens is 1. The molecular formula is C11H10N2O2. The zero-order valence-electron chi connectivity index (χ0n) is 8.01. The molecule has 0 bridgehead atoms. The maximum atomic E-state index is 11.4. The molecule has 15 heavy (non-hydrogen) atoms. The van der Waals surface area contributed by atoms with Gasteiger partial charge in [-0.1, -0.05) is 30.3 Å². The van der Waals surface area contributed by atoms with E-state index in [0.717, 1.165) is 10.1 Å². The molecule has 0 atom stereocenters. The highest BCUT2D eigenvalue weighted by atomic mass is 16.2. The SMILES string of the molecule is O=c1cc[nH]c(=O)n1Cc1ccccc1. The van der Waals surface area contributed by atoms with E-state index >= 15 is 0 Å². The minimum atomic E-state index is -0.383. The molecule has 0 spiro atoms. The van der Waals surface area contributed by atoms with Crippen molar-refractivity contribution < 1.29 is 0 Å². The molecule has 2 rings (SSSR count). The predicted octanol–water partition coefficient (Wildman–Crippen LogP) is 0.585. The smallest absolute Gasteiger partial charge is 0.314 e. The minimum absolute atomic E-state index is 0.289. The second kappa shape index (κ2) is 3.96. The molecular weight excluding hydrogens is 192 g/mol. The van der Waals surface area contributed by atoms with Crippen molar-refractivity contribution in [1.82, 2.24) is 9.55 Å². The predicted molar refractivity (Wildman–Crippen MR) is 56.9 cm³/mol. The summed E-state index contributed by atoms with van der Waals surface area (Å²) < 4.78 is 1.16. The van der Waals surface area contributed by atoms with Gasteiger partial charge in [-0.25, -0.2) is 4.79 Å². The lowest BCUT2D eigenvalue weighted by molar-refractivity contribution is 0.699. The highest BCUT2D eigenvalue weighted by Crippen LogP contribution is 1.98. The van der Waals surface area contributed by atoms with E-state index in [1.54, 1.807) is 0 Å². The van der Waals surface area contributed by atoms with Gasteiger partial charge in [-0.05, 0) is 5.56 Å². The molecule has 0 fully saturated rings. The summed E-state index contributed by atoms with van der Waals surface area (Å²) in [6, 6.07) is 10.7. The maximum absolute atomic E-state index is 11.4. The van der Waals surface area contributed by atoms with Crippen LogP contribution in [0.25, 0.3) is 0 Å². The highest BCUT2D eigenvalue weighted by molar-refractivity contribution is 5.14.